The molecule has 2 aromatic rings. The standard InChI is InChI=1S/C25H32O5/c1-24(2,3)16-21(25(4,5)6)23(27)30-20-14-12-19(13-15-20)29-22(26)17-8-10-18(28-7)11-9-17/h8-15,21H,16H2,1-7H3. The summed E-state index contributed by atoms with van der Waals surface area (Å²) in [5, 5.41) is 0. The van der Waals surface area contributed by atoms with Crippen molar-refractivity contribution in [2.45, 2.75) is 48.0 Å². The number of esters is 2. The third-order valence-corrected chi connectivity index (χ3v) is 4.72. The van der Waals surface area contributed by atoms with E-state index in [4.69, 9.17) is 14.2 Å². The zero-order valence-corrected chi connectivity index (χ0v) is 18.9. The maximum atomic E-state index is 12.8. The van der Waals surface area contributed by atoms with Crippen molar-refractivity contribution < 1.29 is 23.8 Å². The Hall–Kier alpha value is -2.82. The summed E-state index contributed by atoms with van der Waals surface area (Å²) in [5.41, 5.74) is 0.218. The molecule has 0 aliphatic rings. The van der Waals surface area contributed by atoms with Crippen LogP contribution in [-0.4, -0.2) is 19.0 Å². The predicted octanol–water partition coefficient (Wildman–Crippen LogP) is 5.92. The van der Waals surface area contributed by atoms with E-state index in [1.807, 2.05) is 20.8 Å². The molecule has 1 atom stereocenters. The van der Waals surface area contributed by atoms with E-state index in [1.165, 1.54) is 0 Å². The molecule has 0 N–H and O–H groups in total. The van der Waals surface area contributed by atoms with Gasteiger partial charge in [0, 0.05) is 0 Å². The topological polar surface area (TPSA) is 61.8 Å². The summed E-state index contributed by atoms with van der Waals surface area (Å²) in [6.45, 7) is 12.5. The molecular formula is C25H32O5. The number of hydrogen-bond donors (Lipinski definition) is 0. The summed E-state index contributed by atoms with van der Waals surface area (Å²) < 4.78 is 16.1. The van der Waals surface area contributed by atoms with Gasteiger partial charge in [-0.05, 0) is 65.8 Å². The first kappa shape index (κ1) is 23.5. The van der Waals surface area contributed by atoms with Gasteiger partial charge >= 0.3 is 11.9 Å². The average molecular weight is 413 g/mol. The molecule has 0 radical (unpaired) electrons. The van der Waals surface area contributed by atoms with Crippen molar-refractivity contribution in [2.75, 3.05) is 7.11 Å². The average Bonchev–Trinajstić information content (AvgIpc) is 2.66. The largest absolute Gasteiger partial charge is 0.497 e. The monoisotopic (exact) mass is 412 g/mol. The lowest BCUT2D eigenvalue weighted by Crippen LogP contribution is -2.35. The van der Waals surface area contributed by atoms with Gasteiger partial charge < -0.3 is 14.2 Å². The fraction of sp³-hybridized carbons (Fsp3) is 0.440. The van der Waals surface area contributed by atoms with Crippen molar-refractivity contribution >= 4 is 11.9 Å². The van der Waals surface area contributed by atoms with E-state index in [9.17, 15) is 9.59 Å². The molecule has 5 heteroatoms. The van der Waals surface area contributed by atoms with Gasteiger partial charge in [0.2, 0.25) is 0 Å². The molecule has 0 saturated heterocycles. The molecule has 0 aromatic heterocycles. The summed E-state index contributed by atoms with van der Waals surface area (Å²) in [7, 11) is 1.56. The van der Waals surface area contributed by atoms with Crippen molar-refractivity contribution in [3.8, 4) is 17.2 Å². The van der Waals surface area contributed by atoms with Crippen molar-refractivity contribution in [3.05, 3.63) is 54.1 Å². The first-order valence-electron chi connectivity index (χ1n) is 10.1. The number of carbonyl (C=O) groups excluding carboxylic acids is 2. The van der Waals surface area contributed by atoms with Gasteiger partial charge in [-0.15, -0.1) is 0 Å². The predicted molar refractivity (Wildman–Crippen MR) is 117 cm³/mol. The first-order chi connectivity index (χ1) is 13.9. The highest BCUT2D eigenvalue weighted by molar-refractivity contribution is 5.91. The molecule has 0 aliphatic carbocycles. The highest BCUT2D eigenvalue weighted by atomic mass is 16.5. The number of hydrogen-bond acceptors (Lipinski definition) is 5. The number of benzene rings is 2. The van der Waals surface area contributed by atoms with Crippen LogP contribution in [0.15, 0.2) is 48.5 Å². The molecule has 5 nitrogen and oxygen atoms in total. The van der Waals surface area contributed by atoms with Crippen LogP contribution < -0.4 is 14.2 Å². The van der Waals surface area contributed by atoms with E-state index < -0.39 is 5.97 Å². The van der Waals surface area contributed by atoms with Crippen LogP contribution in [0.2, 0.25) is 0 Å². The molecule has 162 valence electrons. The van der Waals surface area contributed by atoms with E-state index in [0.717, 1.165) is 6.42 Å². The molecule has 2 rings (SSSR count). The van der Waals surface area contributed by atoms with Gasteiger partial charge in [-0.25, -0.2) is 4.79 Å². The highest BCUT2D eigenvalue weighted by Gasteiger charge is 2.36. The van der Waals surface area contributed by atoms with Crippen LogP contribution in [0.4, 0.5) is 0 Å². The second-order valence-electron chi connectivity index (χ2n) is 9.69. The van der Waals surface area contributed by atoms with E-state index >= 15 is 0 Å². The molecule has 0 saturated carbocycles. The third-order valence-electron chi connectivity index (χ3n) is 4.72. The Morgan fingerprint density at radius 3 is 1.67 bits per heavy atom. The lowest BCUT2D eigenvalue weighted by atomic mass is 9.72. The number of rotatable bonds is 6. The molecule has 0 fully saturated rings. The molecule has 0 heterocycles. The minimum atomic E-state index is -0.472. The lowest BCUT2D eigenvalue weighted by Gasteiger charge is -2.33. The summed E-state index contributed by atoms with van der Waals surface area (Å²) in [4.78, 5) is 25.1. The molecular weight excluding hydrogens is 380 g/mol. The number of methoxy groups -OCH3 is 1. The maximum Gasteiger partial charge on any atom is 0.343 e. The molecule has 0 spiro atoms. The van der Waals surface area contributed by atoms with E-state index in [1.54, 1.807) is 55.6 Å². The van der Waals surface area contributed by atoms with E-state index in [0.29, 0.717) is 22.8 Å². The van der Waals surface area contributed by atoms with Gasteiger partial charge in [0.15, 0.2) is 0 Å². The second kappa shape index (κ2) is 9.33. The Labute approximate surface area is 179 Å². The zero-order valence-electron chi connectivity index (χ0n) is 18.9. The Morgan fingerprint density at radius 1 is 0.767 bits per heavy atom. The smallest absolute Gasteiger partial charge is 0.343 e. The van der Waals surface area contributed by atoms with Crippen LogP contribution in [0.1, 0.15) is 58.3 Å². The Balaban J connectivity index is 2.03. The van der Waals surface area contributed by atoms with Crippen LogP contribution in [0, 0.1) is 16.7 Å². The summed E-state index contributed by atoms with van der Waals surface area (Å²) >= 11 is 0. The quantitative estimate of drug-likeness (QED) is 0.435. The summed E-state index contributed by atoms with van der Waals surface area (Å²) in [6, 6.07) is 13.2. The minimum Gasteiger partial charge on any atom is -0.497 e. The Morgan fingerprint density at radius 2 is 1.23 bits per heavy atom. The minimum absolute atomic E-state index is 0.0104. The van der Waals surface area contributed by atoms with Gasteiger partial charge in [-0.3, -0.25) is 4.79 Å². The zero-order chi connectivity index (χ0) is 22.5. The fourth-order valence-corrected chi connectivity index (χ4v) is 3.01. The molecule has 30 heavy (non-hydrogen) atoms. The molecule has 1 unspecified atom stereocenters. The van der Waals surface area contributed by atoms with Crippen LogP contribution in [0.25, 0.3) is 0 Å². The Kier molecular flexibility index (Phi) is 7.30. The van der Waals surface area contributed by atoms with Crippen LogP contribution >= 0.6 is 0 Å². The van der Waals surface area contributed by atoms with E-state index in [2.05, 4.69) is 20.8 Å². The van der Waals surface area contributed by atoms with Gasteiger partial charge in [0.05, 0.1) is 18.6 Å². The number of ether oxygens (including phenoxy) is 3. The van der Waals surface area contributed by atoms with Gasteiger partial charge in [0.25, 0.3) is 0 Å². The highest BCUT2D eigenvalue weighted by Crippen LogP contribution is 2.37. The summed E-state index contributed by atoms with van der Waals surface area (Å²) in [5.74, 6) is 0.508. The van der Waals surface area contributed by atoms with Gasteiger partial charge in [-0.1, -0.05) is 41.5 Å². The summed E-state index contributed by atoms with van der Waals surface area (Å²) in [6.07, 6.45) is 0.729. The molecule has 0 aliphatic heterocycles. The second-order valence-corrected chi connectivity index (χ2v) is 9.69. The maximum absolute atomic E-state index is 12.8. The molecule has 0 amide bonds. The fourth-order valence-electron chi connectivity index (χ4n) is 3.01. The Bertz CT molecular complexity index is 852. The van der Waals surface area contributed by atoms with Crippen LogP contribution in [0.3, 0.4) is 0 Å². The normalized spacial score (nSPS) is 12.8. The van der Waals surface area contributed by atoms with Crippen LogP contribution in [0.5, 0.6) is 17.2 Å². The van der Waals surface area contributed by atoms with Crippen molar-refractivity contribution in [2.24, 2.45) is 16.7 Å². The van der Waals surface area contributed by atoms with Crippen LogP contribution in [-0.2, 0) is 4.79 Å². The van der Waals surface area contributed by atoms with E-state index in [-0.39, 0.29) is 22.7 Å². The van der Waals surface area contributed by atoms with Crippen molar-refractivity contribution in [1.82, 2.24) is 0 Å². The lowest BCUT2D eigenvalue weighted by molar-refractivity contribution is -0.144. The SMILES string of the molecule is COc1ccc(C(=O)Oc2ccc(OC(=O)C(CC(C)(C)C)C(C)(C)C)cc2)cc1. The van der Waals surface area contributed by atoms with Crippen molar-refractivity contribution in [3.63, 3.8) is 0 Å². The van der Waals surface area contributed by atoms with Crippen molar-refractivity contribution in [1.29, 1.82) is 0 Å². The molecule has 0 bridgehead atoms. The molecule has 2 aromatic carbocycles. The van der Waals surface area contributed by atoms with Gasteiger partial charge in [0.1, 0.15) is 17.2 Å². The third kappa shape index (κ3) is 6.90. The van der Waals surface area contributed by atoms with Gasteiger partial charge in [-0.2, -0.15) is 0 Å². The number of carbonyl (C=O) groups is 2. The first-order valence-corrected chi connectivity index (χ1v) is 10.1.